The first-order chi connectivity index (χ1) is 13.2. The largest absolute Gasteiger partial charge is 0.196 e. The highest BCUT2D eigenvalue weighted by atomic mass is 19.1. The quantitative estimate of drug-likeness (QED) is 0.449. The lowest BCUT2D eigenvalue weighted by molar-refractivity contribution is 0.346. The molecule has 2 aliphatic rings. The van der Waals surface area contributed by atoms with Gasteiger partial charge >= 0.3 is 0 Å². The van der Waals surface area contributed by atoms with E-state index in [1.165, 1.54) is 37.3 Å². The predicted octanol–water partition coefficient (Wildman–Crippen LogP) is 6.57. The fraction of sp³-hybridized carbons (Fsp3) is 0.500. The molecule has 1 aromatic rings. The van der Waals surface area contributed by atoms with Gasteiger partial charge in [-0.15, -0.1) is 0 Å². The van der Waals surface area contributed by atoms with Crippen LogP contribution in [0.15, 0.2) is 48.3 Å². The number of hydrogen-bond acceptors (Lipinski definition) is 2. The lowest BCUT2D eigenvalue weighted by Crippen LogP contribution is -2.14. The van der Waals surface area contributed by atoms with Crippen molar-refractivity contribution in [3.63, 3.8) is 0 Å². The highest BCUT2D eigenvalue weighted by molar-refractivity contribution is 5.33. The Bertz CT molecular complexity index is 747. The molecule has 0 N–H and O–H groups in total. The standard InChI is InChI=1S/C24H27FN2/c25-24(17-27)15-20-5-3-18(4-6-20)1-2-19-7-11-22(12-8-19)23-13-9-21(16-26)10-14-23/h1-2,9-10,13-15,18-20,22H,3-8,11-12H2/b2-1+,24-15?/t18-,19-,20-,22-. The molecule has 2 nitrogen and oxygen atoms in total. The fourth-order valence-electron chi connectivity index (χ4n) is 4.54. The van der Waals surface area contributed by atoms with Crippen molar-refractivity contribution < 1.29 is 4.39 Å². The zero-order chi connectivity index (χ0) is 19.1. The zero-order valence-electron chi connectivity index (χ0n) is 15.8. The van der Waals surface area contributed by atoms with Crippen LogP contribution in [0.4, 0.5) is 4.39 Å². The normalized spacial score (nSPS) is 29.2. The van der Waals surface area contributed by atoms with Gasteiger partial charge in [-0.3, -0.25) is 0 Å². The molecule has 0 aliphatic heterocycles. The number of halogens is 1. The van der Waals surface area contributed by atoms with Crippen LogP contribution in [0.5, 0.6) is 0 Å². The van der Waals surface area contributed by atoms with E-state index in [9.17, 15) is 4.39 Å². The molecule has 2 saturated carbocycles. The van der Waals surface area contributed by atoms with E-state index in [4.69, 9.17) is 10.5 Å². The summed E-state index contributed by atoms with van der Waals surface area (Å²) in [5, 5.41) is 17.5. The molecule has 3 heteroatoms. The SMILES string of the molecule is N#CC(F)=C[C@H]1CC[C@H](/C=C/[C@H]2CC[C@H](c3ccc(C#N)cc3)CC2)CC1. The Morgan fingerprint density at radius 2 is 1.33 bits per heavy atom. The molecule has 0 unspecified atom stereocenters. The minimum atomic E-state index is -0.631. The summed E-state index contributed by atoms with van der Waals surface area (Å²) in [5.74, 6) is 1.51. The summed E-state index contributed by atoms with van der Waals surface area (Å²) in [6.07, 6.45) is 15.4. The Morgan fingerprint density at radius 1 is 0.815 bits per heavy atom. The molecule has 0 bridgehead atoms. The summed E-state index contributed by atoms with van der Waals surface area (Å²) in [5.41, 5.74) is 2.10. The van der Waals surface area contributed by atoms with Crippen LogP contribution in [-0.4, -0.2) is 0 Å². The first-order valence-corrected chi connectivity index (χ1v) is 10.1. The molecule has 27 heavy (non-hydrogen) atoms. The predicted molar refractivity (Wildman–Crippen MR) is 105 cm³/mol. The van der Waals surface area contributed by atoms with Gasteiger partial charge in [-0.1, -0.05) is 24.3 Å². The summed E-state index contributed by atoms with van der Waals surface area (Å²) >= 11 is 0. The summed E-state index contributed by atoms with van der Waals surface area (Å²) in [6, 6.07) is 11.8. The molecule has 0 amide bonds. The number of benzene rings is 1. The number of nitrogens with zero attached hydrogens (tertiary/aromatic N) is 2. The van der Waals surface area contributed by atoms with E-state index >= 15 is 0 Å². The van der Waals surface area contributed by atoms with Gasteiger partial charge in [-0.05, 0) is 98.8 Å². The van der Waals surface area contributed by atoms with E-state index in [1.54, 1.807) is 6.07 Å². The molecule has 2 fully saturated rings. The van der Waals surface area contributed by atoms with Gasteiger partial charge in [0.2, 0.25) is 0 Å². The van der Waals surface area contributed by atoms with Crippen molar-refractivity contribution in [2.75, 3.05) is 0 Å². The van der Waals surface area contributed by atoms with E-state index in [-0.39, 0.29) is 5.92 Å². The third kappa shape index (κ3) is 5.54. The summed E-state index contributed by atoms with van der Waals surface area (Å²) in [7, 11) is 0. The average molecular weight is 362 g/mol. The minimum absolute atomic E-state index is 0.233. The molecule has 3 rings (SSSR count). The highest BCUT2D eigenvalue weighted by Crippen LogP contribution is 2.37. The van der Waals surface area contributed by atoms with Gasteiger partial charge in [0.05, 0.1) is 11.6 Å². The Morgan fingerprint density at radius 3 is 1.85 bits per heavy atom. The number of rotatable bonds is 4. The van der Waals surface area contributed by atoms with Crippen LogP contribution in [-0.2, 0) is 0 Å². The molecule has 0 atom stereocenters. The minimum Gasteiger partial charge on any atom is -0.195 e. The van der Waals surface area contributed by atoms with Gasteiger partial charge in [0, 0.05) is 0 Å². The monoisotopic (exact) mass is 362 g/mol. The highest BCUT2D eigenvalue weighted by Gasteiger charge is 2.22. The van der Waals surface area contributed by atoms with Crippen LogP contribution >= 0.6 is 0 Å². The second kappa shape index (κ2) is 9.52. The first-order valence-electron chi connectivity index (χ1n) is 10.1. The maximum absolute atomic E-state index is 13.1. The molecule has 0 saturated heterocycles. The van der Waals surface area contributed by atoms with Gasteiger partial charge in [0.15, 0.2) is 5.83 Å². The lowest BCUT2D eigenvalue weighted by Gasteiger charge is -2.28. The third-order valence-electron chi connectivity index (χ3n) is 6.24. The van der Waals surface area contributed by atoms with Gasteiger partial charge < -0.3 is 0 Å². The number of nitriles is 2. The Labute approximate surface area is 162 Å². The molecule has 0 radical (unpaired) electrons. The molecule has 0 heterocycles. The molecular weight excluding hydrogens is 335 g/mol. The van der Waals surface area contributed by atoms with Crippen molar-refractivity contribution in [1.29, 1.82) is 10.5 Å². The molecule has 1 aromatic carbocycles. The van der Waals surface area contributed by atoms with Crippen molar-refractivity contribution >= 4 is 0 Å². The summed E-state index contributed by atoms with van der Waals surface area (Å²) in [6.45, 7) is 0. The van der Waals surface area contributed by atoms with E-state index < -0.39 is 5.83 Å². The number of hydrogen-bond donors (Lipinski definition) is 0. The van der Waals surface area contributed by atoms with Crippen molar-refractivity contribution in [1.82, 2.24) is 0 Å². The Balaban J connectivity index is 1.43. The van der Waals surface area contributed by atoms with Gasteiger partial charge in [-0.2, -0.15) is 14.9 Å². The van der Waals surface area contributed by atoms with E-state index in [0.29, 0.717) is 17.8 Å². The van der Waals surface area contributed by atoms with Crippen molar-refractivity contribution in [3.8, 4) is 12.1 Å². The maximum atomic E-state index is 13.1. The fourth-order valence-corrected chi connectivity index (χ4v) is 4.54. The topological polar surface area (TPSA) is 47.6 Å². The van der Waals surface area contributed by atoms with Crippen LogP contribution < -0.4 is 0 Å². The maximum Gasteiger partial charge on any atom is 0.196 e. The van der Waals surface area contributed by atoms with E-state index in [0.717, 1.165) is 31.2 Å². The van der Waals surface area contributed by atoms with Crippen molar-refractivity contribution in [2.45, 2.75) is 57.3 Å². The van der Waals surface area contributed by atoms with Crippen LogP contribution in [0, 0.1) is 40.4 Å². The van der Waals surface area contributed by atoms with Crippen molar-refractivity contribution in [2.24, 2.45) is 17.8 Å². The molecular formula is C24H27FN2. The van der Waals surface area contributed by atoms with Gasteiger partial charge in [0.25, 0.3) is 0 Å². The van der Waals surface area contributed by atoms with Gasteiger partial charge in [-0.25, -0.2) is 0 Å². The zero-order valence-corrected chi connectivity index (χ0v) is 15.8. The van der Waals surface area contributed by atoms with Crippen LogP contribution in [0.2, 0.25) is 0 Å². The molecule has 0 spiro atoms. The number of allylic oxidation sites excluding steroid dienone is 4. The average Bonchev–Trinajstić information content (AvgIpc) is 2.73. The smallest absolute Gasteiger partial charge is 0.195 e. The lowest BCUT2D eigenvalue weighted by atomic mass is 9.77. The molecule has 2 aliphatic carbocycles. The molecule has 140 valence electrons. The third-order valence-corrected chi connectivity index (χ3v) is 6.24. The van der Waals surface area contributed by atoms with E-state index in [2.05, 4.69) is 30.4 Å². The second-order valence-electron chi connectivity index (χ2n) is 8.03. The first kappa shape index (κ1) is 19.4. The summed E-state index contributed by atoms with van der Waals surface area (Å²) in [4.78, 5) is 0. The van der Waals surface area contributed by atoms with Crippen LogP contribution in [0.3, 0.4) is 0 Å². The Kier molecular flexibility index (Phi) is 6.83. The second-order valence-corrected chi connectivity index (χ2v) is 8.03. The molecule has 0 aromatic heterocycles. The Hall–Kier alpha value is -2.39. The van der Waals surface area contributed by atoms with Crippen LogP contribution in [0.1, 0.15) is 68.4 Å². The van der Waals surface area contributed by atoms with Crippen LogP contribution in [0.25, 0.3) is 0 Å². The van der Waals surface area contributed by atoms with Crippen molar-refractivity contribution in [3.05, 3.63) is 59.4 Å². The summed E-state index contributed by atoms with van der Waals surface area (Å²) < 4.78 is 13.1. The van der Waals surface area contributed by atoms with E-state index in [1.807, 2.05) is 12.1 Å². The van der Waals surface area contributed by atoms with Gasteiger partial charge in [0.1, 0.15) is 6.07 Å².